The molecule has 126 valence electrons. The van der Waals surface area contributed by atoms with Crippen molar-refractivity contribution >= 4 is 17.6 Å². The van der Waals surface area contributed by atoms with Gasteiger partial charge in [0.1, 0.15) is 0 Å². The van der Waals surface area contributed by atoms with Crippen LogP contribution in [-0.4, -0.2) is 21.4 Å². The van der Waals surface area contributed by atoms with E-state index in [0.29, 0.717) is 12.1 Å². The summed E-state index contributed by atoms with van der Waals surface area (Å²) in [6, 6.07) is 16.8. The number of anilines is 1. The Kier molecular flexibility index (Phi) is 4.61. The molecule has 25 heavy (non-hydrogen) atoms. The second kappa shape index (κ2) is 7.00. The third-order valence-corrected chi connectivity index (χ3v) is 3.78. The summed E-state index contributed by atoms with van der Waals surface area (Å²) in [5.74, 6) is -0.820. The van der Waals surface area contributed by atoms with Crippen molar-refractivity contribution in [2.45, 2.75) is 13.5 Å². The zero-order valence-electron chi connectivity index (χ0n) is 13.8. The molecule has 0 unspecified atom stereocenters. The molecule has 0 saturated carbocycles. The zero-order valence-corrected chi connectivity index (χ0v) is 13.8. The Bertz CT molecular complexity index is 916. The molecule has 2 amide bonds. The lowest BCUT2D eigenvalue weighted by atomic mass is 10.1. The van der Waals surface area contributed by atoms with Crippen LogP contribution in [0, 0.1) is 6.92 Å². The fourth-order valence-electron chi connectivity index (χ4n) is 2.60. The van der Waals surface area contributed by atoms with Gasteiger partial charge in [0.15, 0.2) is 11.5 Å². The molecule has 0 aliphatic heterocycles. The molecule has 6 heteroatoms. The van der Waals surface area contributed by atoms with Crippen molar-refractivity contribution < 1.29 is 9.59 Å². The summed E-state index contributed by atoms with van der Waals surface area (Å²) < 4.78 is 1.63. The van der Waals surface area contributed by atoms with Gasteiger partial charge < -0.3 is 15.6 Å². The van der Waals surface area contributed by atoms with Crippen molar-refractivity contribution in [3.05, 3.63) is 83.3 Å². The first kappa shape index (κ1) is 16.4. The monoisotopic (exact) mass is 334 g/mol. The number of aromatic nitrogens is 2. The van der Waals surface area contributed by atoms with E-state index in [2.05, 4.69) is 10.3 Å². The third-order valence-electron chi connectivity index (χ3n) is 3.78. The highest BCUT2D eigenvalue weighted by atomic mass is 16.2. The fraction of sp³-hybridized carbons (Fsp3) is 0.105. The maximum atomic E-state index is 12.4. The number of imidazole rings is 1. The maximum absolute atomic E-state index is 12.4. The molecule has 3 N–H and O–H groups in total. The highest BCUT2D eigenvalue weighted by Gasteiger charge is 2.19. The highest BCUT2D eigenvalue weighted by molar-refractivity contribution is 6.07. The van der Waals surface area contributed by atoms with Gasteiger partial charge in [-0.3, -0.25) is 9.59 Å². The summed E-state index contributed by atoms with van der Waals surface area (Å²) in [4.78, 5) is 28.4. The lowest BCUT2D eigenvalue weighted by Gasteiger charge is -2.08. The van der Waals surface area contributed by atoms with Gasteiger partial charge in [0.2, 0.25) is 0 Å². The fourth-order valence-corrected chi connectivity index (χ4v) is 2.60. The van der Waals surface area contributed by atoms with Crippen molar-refractivity contribution in [2.75, 3.05) is 5.32 Å². The molecule has 3 aromatic rings. The van der Waals surface area contributed by atoms with Crippen LogP contribution in [0.5, 0.6) is 0 Å². The van der Waals surface area contributed by atoms with E-state index < -0.39 is 5.91 Å². The largest absolute Gasteiger partial charge is 0.364 e. The average molecular weight is 334 g/mol. The quantitative estimate of drug-likeness (QED) is 0.751. The first-order valence-corrected chi connectivity index (χ1v) is 7.81. The maximum Gasteiger partial charge on any atom is 0.269 e. The summed E-state index contributed by atoms with van der Waals surface area (Å²) in [5.41, 5.74) is 8.13. The topological polar surface area (TPSA) is 90.0 Å². The van der Waals surface area contributed by atoms with Gasteiger partial charge in [-0.05, 0) is 24.6 Å². The van der Waals surface area contributed by atoms with Crippen molar-refractivity contribution in [3.63, 3.8) is 0 Å². The van der Waals surface area contributed by atoms with Gasteiger partial charge in [0.25, 0.3) is 11.8 Å². The molecular weight excluding hydrogens is 316 g/mol. The molecule has 2 aromatic carbocycles. The molecule has 1 heterocycles. The average Bonchev–Trinajstić information content (AvgIpc) is 2.98. The van der Waals surface area contributed by atoms with E-state index in [1.807, 2.05) is 43.3 Å². The lowest BCUT2D eigenvalue weighted by Crippen LogP contribution is -2.21. The molecule has 0 saturated heterocycles. The summed E-state index contributed by atoms with van der Waals surface area (Å²) in [6.07, 6.45) is 1.50. The SMILES string of the molecule is Cc1cccc(C(=O)Nc2ncn(Cc3ccccc3)c2C(N)=O)c1. The number of carbonyl (C=O) groups excluding carboxylic acids is 2. The van der Waals surface area contributed by atoms with Gasteiger partial charge in [-0.15, -0.1) is 0 Å². The van der Waals surface area contributed by atoms with Crippen LogP contribution >= 0.6 is 0 Å². The molecule has 0 fully saturated rings. The second-order valence-electron chi connectivity index (χ2n) is 5.74. The number of rotatable bonds is 5. The van der Waals surface area contributed by atoms with E-state index in [9.17, 15) is 9.59 Å². The minimum Gasteiger partial charge on any atom is -0.364 e. The van der Waals surface area contributed by atoms with Crippen molar-refractivity contribution in [3.8, 4) is 0 Å². The van der Waals surface area contributed by atoms with Crippen LogP contribution in [0.3, 0.4) is 0 Å². The summed E-state index contributed by atoms with van der Waals surface area (Å²) in [5, 5.41) is 2.67. The number of aryl methyl sites for hydroxylation is 1. The Balaban J connectivity index is 1.87. The number of nitrogens with zero attached hydrogens (tertiary/aromatic N) is 2. The zero-order chi connectivity index (χ0) is 17.8. The van der Waals surface area contributed by atoms with Crippen LogP contribution in [0.2, 0.25) is 0 Å². The van der Waals surface area contributed by atoms with E-state index in [0.717, 1.165) is 11.1 Å². The molecule has 0 aliphatic rings. The Morgan fingerprint density at radius 1 is 1.12 bits per heavy atom. The van der Waals surface area contributed by atoms with Crippen molar-refractivity contribution in [2.24, 2.45) is 5.73 Å². The predicted octanol–water partition coefficient (Wildman–Crippen LogP) is 2.59. The van der Waals surface area contributed by atoms with Gasteiger partial charge in [-0.1, -0.05) is 48.0 Å². The van der Waals surface area contributed by atoms with Crippen LogP contribution < -0.4 is 11.1 Å². The van der Waals surface area contributed by atoms with Crippen LogP contribution in [0.1, 0.15) is 32.0 Å². The number of carbonyl (C=O) groups is 2. The van der Waals surface area contributed by atoms with Gasteiger partial charge in [0, 0.05) is 12.1 Å². The minimum absolute atomic E-state index is 0.162. The standard InChI is InChI=1S/C19H18N4O2/c1-13-6-5-9-15(10-13)19(25)22-18-16(17(20)24)23(12-21-18)11-14-7-3-2-4-8-14/h2-10,12H,11H2,1H3,(H2,20,24)(H,22,25). The van der Waals surface area contributed by atoms with E-state index in [4.69, 9.17) is 5.73 Å². The molecule has 0 radical (unpaired) electrons. The first-order valence-electron chi connectivity index (χ1n) is 7.81. The second-order valence-corrected chi connectivity index (χ2v) is 5.74. The number of hydrogen-bond donors (Lipinski definition) is 2. The Morgan fingerprint density at radius 2 is 1.88 bits per heavy atom. The number of amides is 2. The molecule has 0 bridgehead atoms. The van der Waals surface area contributed by atoms with Gasteiger partial charge in [0.05, 0.1) is 6.33 Å². The summed E-state index contributed by atoms with van der Waals surface area (Å²) >= 11 is 0. The lowest BCUT2D eigenvalue weighted by molar-refractivity contribution is 0.0993. The van der Waals surface area contributed by atoms with E-state index in [1.54, 1.807) is 22.8 Å². The van der Waals surface area contributed by atoms with Crippen LogP contribution in [0.4, 0.5) is 5.82 Å². The number of nitrogens with one attached hydrogen (secondary N) is 1. The number of primary amides is 1. The van der Waals surface area contributed by atoms with Crippen LogP contribution in [-0.2, 0) is 6.54 Å². The molecule has 6 nitrogen and oxygen atoms in total. The molecule has 3 rings (SSSR count). The van der Waals surface area contributed by atoms with Crippen LogP contribution in [0.15, 0.2) is 60.9 Å². The van der Waals surface area contributed by atoms with E-state index in [1.165, 1.54) is 6.33 Å². The van der Waals surface area contributed by atoms with Crippen molar-refractivity contribution in [1.82, 2.24) is 9.55 Å². The number of benzene rings is 2. The molecular formula is C19H18N4O2. The molecule has 0 atom stereocenters. The Morgan fingerprint density at radius 3 is 2.56 bits per heavy atom. The van der Waals surface area contributed by atoms with Crippen molar-refractivity contribution in [1.29, 1.82) is 0 Å². The molecule has 0 aliphatic carbocycles. The van der Waals surface area contributed by atoms with Gasteiger partial charge >= 0.3 is 0 Å². The Labute approximate surface area is 145 Å². The van der Waals surface area contributed by atoms with Gasteiger partial charge in [-0.2, -0.15) is 0 Å². The smallest absolute Gasteiger partial charge is 0.269 e. The first-order chi connectivity index (χ1) is 12.0. The van der Waals surface area contributed by atoms with E-state index in [-0.39, 0.29) is 17.4 Å². The van der Waals surface area contributed by atoms with E-state index >= 15 is 0 Å². The molecule has 1 aromatic heterocycles. The summed E-state index contributed by atoms with van der Waals surface area (Å²) in [6.45, 7) is 2.34. The number of nitrogens with two attached hydrogens (primary N) is 1. The predicted molar refractivity (Wildman–Crippen MR) is 95.4 cm³/mol. The minimum atomic E-state index is -0.645. The Hall–Kier alpha value is -3.41. The third kappa shape index (κ3) is 3.74. The number of hydrogen-bond acceptors (Lipinski definition) is 3. The highest BCUT2D eigenvalue weighted by Crippen LogP contribution is 2.16. The molecule has 0 spiro atoms. The summed E-state index contributed by atoms with van der Waals surface area (Å²) in [7, 11) is 0. The van der Waals surface area contributed by atoms with Gasteiger partial charge in [-0.25, -0.2) is 4.98 Å². The normalized spacial score (nSPS) is 10.4. The van der Waals surface area contributed by atoms with Crippen LogP contribution in [0.25, 0.3) is 0 Å².